The summed E-state index contributed by atoms with van der Waals surface area (Å²) in [7, 11) is -3.82. The normalized spacial score (nSPS) is 17.3. The Kier molecular flexibility index (Phi) is 5.76. The molecule has 8 heteroatoms. The second-order valence-corrected chi connectivity index (χ2v) is 8.08. The summed E-state index contributed by atoms with van der Waals surface area (Å²) in [4.78, 5) is 13.8. The fourth-order valence-electron chi connectivity index (χ4n) is 3.00. The van der Waals surface area contributed by atoms with Crippen LogP contribution in [0.1, 0.15) is 13.3 Å². The summed E-state index contributed by atoms with van der Waals surface area (Å²) in [6.45, 7) is 2.99. The van der Waals surface area contributed by atoms with Crippen LogP contribution in [0, 0.1) is 11.7 Å². The predicted molar refractivity (Wildman–Crippen MR) is 99.7 cm³/mol. The summed E-state index contributed by atoms with van der Waals surface area (Å²) in [5.74, 6) is -0.107. The number of carbonyl (C=O) groups is 1. The van der Waals surface area contributed by atoms with Crippen LogP contribution in [0.3, 0.4) is 0 Å². The minimum absolute atomic E-state index is 0.0610. The summed E-state index contributed by atoms with van der Waals surface area (Å²) in [5.41, 5.74) is 0.749. The topological polar surface area (TPSA) is 75.7 Å². The molecule has 0 unspecified atom stereocenters. The predicted octanol–water partition coefficient (Wildman–Crippen LogP) is 2.56. The summed E-state index contributed by atoms with van der Waals surface area (Å²) in [5, 5.41) is 0. The van der Waals surface area contributed by atoms with Gasteiger partial charge in [0.05, 0.1) is 11.5 Å². The number of ether oxygens (including phenoxy) is 1. The van der Waals surface area contributed by atoms with Crippen LogP contribution in [0.5, 0.6) is 5.75 Å². The van der Waals surface area contributed by atoms with E-state index in [1.54, 1.807) is 17.0 Å². The number of hydrogen-bond acceptors (Lipinski definition) is 4. The first-order chi connectivity index (χ1) is 12.9. The van der Waals surface area contributed by atoms with Crippen molar-refractivity contribution < 1.29 is 22.3 Å². The van der Waals surface area contributed by atoms with E-state index in [-0.39, 0.29) is 29.7 Å². The molecule has 3 rings (SSSR count). The maximum Gasteiger partial charge on any atom is 0.240 e. The van der Waals surface area contributed by atoms with Crippen LogP contribution in [-0.2, 0) is 14.8 Å². The van der Waals surface area contributed by atoms with Gasteiger partial charge in [-0.2, -0.15) is 0 Å². The lowest BCUT2D eigenvalue weighted by molar-refractivity contribution is -0.117. The second-order valence-electron chi connectivity index (χ2n) is 6.31. The van der Waals surface area contributed by atoms with Crippen molar-refractivity contribution in [3.8, 4) is 5.75 Å². The molecule has 1 aliphatic heterocycles. The molecule has 2 aromatic rings. The number of amides is 1. The van der Waals surface area contributed by atoms with Crippen molar-refractivity contribution in [2.45, 2.75) is 18.2 Å². The molecule has 1 amide bonds. The Labute approximate surface area is 158 Å². The number of carbonyl (C=O) groups excluding carboxylic acids is 1. The third kappa shape index (κ3) is 4.64. The molecule has 144 valence electrons. The Morgan fingerprint density at radius 1 is 1.22 bits per heavy atom. The van der Waals surface area contributed by atoms with E-state index in [1.807, 2.05) is 19.1 Å². The van der Waals surface area contributed by atoms with Gasteiger partial charge in [-0.25, -0.2) is 17.5 Å². The summed E-state index contributed by atoms with van der Waals surface area (Å²) in [6, 6.07) is 12.0. The lowest BCUT2D eigenvalue weighted by Crippen LogP contribution is -2.31. The zero-order valence-electron chi connectivity index (χ0n) is 14.9. The van der Waals surface area contributed by atoms with Crippen LogP contribution >= 0.6 is 0 Å². The van der Waals surface area contributed by atoms with Crippen molar-refractivity contribution in [3.05, 3.63) is 54.3 Å². The Bertz CT molecular complexity index is 916. The summed E-state index contributed by atoms with van der Waals surface area (Å²) < 4.78 is 45.7. The van der Waals surface area contributed by atoms with E-state index in [0.717, 1.165) is 17.5 Å². The molecule has 1 saturated heterocycles. The molecule has 0 saturated carbocycles. The van der Waals surface area contributed by atoms with Gasteiger partial charge in [0.2, 0.25) is 15.9 Å². The minimum Gasteiger partial charge on any atom is -0.494 e. The number of anilines is 1. The van der Waals surface area contributed by atoms with Gasteiger partial charge in [-0.15, -0.1) is 0 Å². The van der Waals surface area contributed by atoms with Crippen molar-refractivity contribution in [1.29, 1.82) is 0 Å². The van der Waals surface area contributed by atoms with E-state index in [1.165, 1.54) is 18.2 Å². The largest absolute Gasteiger partial charge is 0.494 e. The average molecular weight is 392 g/mol. The Balaban J connectivity index is 1.62. The first kappa shape index (κ1) is 19.3. The van der Waals surface area contributed by atoms with Gasteiger partial charge in [-0.1, -0.05) is 6.07 Å². The summed E-state index contributed by atoms with van der Waals surface area (Å²) in [6.07, 6.45) is 0.249. The molecule has 6 nitrogen and oxygen atoms in total. The highest BCUT2D eigenvalue weighted by Gasteiger charge is 2.31. The Morgan fingerprint density at radius 2 is 1.96 bits per heavy atom. The number of hydrogen-bond donors (Lipinski definition) is 1. The minimum atomic E-state index is -3.82. The first-order valence-electron chi connectivity index (χ1n) is 8.67. The number of sulfonamides is 1. The smallest absolute Gasteiger partial charge is 0.240 e. The van der Waals surface area contributed by atoms with E-state index in [4.69, 9.17) is 4.74 Å². The number of halogens is 1. The van der Waals surface area contributed by atoms with Crippen LogP contribution in [-0.4, -0.2) is 34.0 Å². The fourth-order valence-corrected chi connectivity index (χ4v) is 4.15. The number of nitrogens with zero attached hydrogens (tertiary/aromatic N) is 1. The van der Waals surface area contributed by atoms with Crippen molar-refractivity contribution in [1.82, 2.24) is 4.72 Å². The molecule has 0 aromatic heterocycles. The van der Waals surface area contributed by atoms with Gasteiger partial charge in [-0.05, 0) is 55.3 Å². The lowest BCUT2D eigenvalue weighted by atomic mass is 10.1. The van der Waals surface area contributed by atoms with Gasteiger partial charge in [-0.3, -0.25) is 4.79 Å². The highest BCUT2D eigenvalue weighted by atomic mass is 32.2. The molecule has 27 heavy (non-hydrogen) atoms. The fraction of sp³-hybridized carbons (Fsp3) is 0.316. The van der Waals surface area contributed by atoms with Gasteiger partial charge < -0.3 is 9.64 Å². The molecule has 0 spiro atoms. The van der Waals surface area contributed by atoms with Crippen molar-refractivity contribution >= 4 is 21.6 Å². The standard InChI is InChI=1S/C19H21FN2O4S/c1-2-26-17-8-6-16(7-9-17)22-13-14(10-19(22)23)12-21-27(24,25)18-5-3-4-15(20)11-18/h3-9,11,14,21H,2,10,12-13H2,1H3/t14-/m1/s1. The molecule has 0 bridgehead atoms. The quantitative estimate of drug-likeness (QED) is 0.786. The van der Waals surface area contributed by atoms with E-state index >= 15 is 0 Å². The zero-order valence-corrected chi connectivity index (χ0v) is 15.7. The average Bonchev–Trinajstić information content (AvgIpc) is 3.02. The Morgan fingerprint density at radius 3 is 2.63 bits per heavy atom. The van der Waals surface area contributed by atoms with Gasteiger partial charge in [0.1, 0.15) is 11.6 Å². The molecular formula is C19H21FN2O4S. The molecule has 2 aromatic carbocycles. The highest BCUT2D eigenvalue weighted by molar-refractivity contribution is 7.89. The lowest BCUT2D eigenvalue weighted by Gasteiger charge is -2.17. The first-order valence-corrected chi connectivity index (χ1v) is 10.2. The molecule has 1 fully saturated rings. The van der Waals surface area contributed by atoms with E-state index in [9.17, 15) is 17.6 Å². The molecule has 1 atom stereocenters. The third-order valence-corrected chi connectivity index (χ3v) is 5.75. The zero-order chi connectivity index (χ0) is 19.4. The van der Waals surface area contributed by atoms with Crippen molar-refractivity contribution in [2.24, 2.45) is 5.92 Å². The van der Waals surface area contributed by atoms with Crippen molar-refractivity contribution in [3.63, 3.8) is 0 Å². The van der Waals surface area contributed by atoms with Crippen LogP contribution < -0.4 is 14.4 Å². The van der Waals surface area contributed by atoms with Crippen molar-refractivity contribution in [2.75, 3.05) is 24.6 Å². The SMILES string of the molecule is CCOc1ccc(N2C[C@@H](CNS(=O)(=O)c3cccc(F)c3)CC2=O)cc1. The third-order valence-electron chi connectivity index (χ3n) is 4.33. The van der Waals surface area contributed by atoms with Gasteiger partial charge in [0, 0.05) is 25.2 Å². The molecule has 0 radical (unpaired) electrons. The maximum atomic E-state index is 13.3. The molecular weight excluding hydrogens is 371 g/mol. The van der Waals surface area contributed by atoms with Gasteiger partial charge in [0.25, 0.3) is 0 Å². The number of rotatable bonds is 7. The second kappa shape index (κ2) is 8.06. The number of nitrogens with one attached hydrogen (secondary N) is 1. The summed E-state index contributed by atoms with van der Waals surface area (Å²) >= 11 is 0. The van der Waals surface area contributed by atoms with Crippen LogP contribution in [0.2, 0.25) is 0 Å². The molecule has 0 aliphatic carbocycles. The van der Waals surface area contributed by atoms with E-state index in [2.05, 4.69) is 4.72 Å². The number of benzene rings is 2. The Hall–Kier alpha value is -2.45. The van der Waals surface area contributed by atoms with Crippen LogP contribution in [0.25, 0.3) is 0 Å². The van der Waals surface area contributed by atoms with E-state index in [0.29, 0.717) is 13.2 Å². The van der Waals surface area contributed by atoms with Crippen LogP contribution in [0.4, 0.5) is 10.1 Å². The van der Waals surface area contributed by atoms with E-state index < -0.39 is 15.8 Å². The van der Waals surface area contributed by atoms with Gasteiger partial charge >= 0.3 is 0 Å². The molecule has 1 N–H and O–H groups in total. The monoisotopic (exact) mass is 392 g/mol. The molecule has 1 aliphatic rings. The van der Waals surface area contributed by atoms with Crippen LogP contribution in [0.15, 0.2) is 53.4 Å². The van der Waals surface area contributed by atoms with Gasteiger partial charge in [0.15, 0.2) is 0 Å². The highest BCUT2D eigenvalue weighted by Crippen LogP contribution is 2.27. The maximum absolute atomic E-state index is 13.3. The molecule has 1 heterocycles.